The number of thiophene rings is 1. The van der Waals surface area contributed by atoms with Crippen molar-refractivity contribution in [2.75, 3.05) is 0 Å². The highest BCUT2D eigenvalue weighted by atomic mass is 32.1. The van der Waals surface area contributed by atoms with Crippen LogP contribution >= 0.6 is 11.3 Å². The average Bonchev–Trinajstić information content (AvgIpc) is 2.61. The van der Waals surface area contributed by atoms with Crippen molar-refractivity contribution in [2.24, 2.45) is 0 Å². The van der Waals surface area contributed by atoms with E-state index in [4.69, 9.17) is 0 Å². The van der Waals surface area contributed by atoms with Crippen molar-refractivity contribution in [3.63, 3.8) is 0 Å². The lowest BCUT2D eigenvalue weighted by molar-refractivity contribution is 1.26. The van der Waals surface area contributed by atoms with E-state index >= 15 is 0 Å². The van der Waals surface area contributed by atoms with E-state index in [0.29, 0.717) is 0 Å². The van der Waals surface area contributed by atoms with Crippen molar-refractivity contribution in [1.29, 1.82) is 0 Å². The fraction of sp³-hybridized carbons (Fsp3) is 0.100. The van der Waals surface area contributed by atoms with E-state index in [2.05, 4.69) is 16.5 Å². The van der Waals surface area contributed by atoms with Crippen LogP contribution in [0.15, 0.2) is 30.2 Å². The summed E-state index contributed by atoms with van der Waals surface area (Å²) in [4.78, 5) is 8.74. The Morgan fingerprint density at radius 1 is 1.69 bits per heavy atom. The van der Waals surface area contributed by atoms with E-state index in [-0.39, 0.29) is 0 Å². The monoisotopic (exact) mass is 190 g/mol. The second kappa shape index (κ2) is 3.18. The first-order valence-electron chi connectivity index (χ1n) is 4.04. The highest BCUT2D eigenvalue weighted by Gasteiger charge is 2.03. The summed E-state index contributed by atoms with van der Waals surface area (Å²) in [6, 6.07) is 2.04. The fourth-order valence-corrected chi connectivity index (χ4v) is 1.91. The molecule has 0 radical (unpaired) electrons. The molecule has 2 aromatic rings. The SMILES string of the molecule is C=C/C=C(\C)c1nc2sccc2[nH]1. The minimum Gasteiger partial charge on any atom is -0.337 e. The van der Waals surface area contributed by atoms with Crippen molar-refractivity contribution in [2.45, 2.75) is 6.92 Å². The zero-order chi connectivity index (χ0) is 9.26. The van der Waals surface area contributed by atoms with Gasteiger partial charge in [0.05, 0.1) is 5.52 Å². The van der Waals surface area contributed by atoms with E-state index in [1.54, 1.807) is 17.4 Å². The molecule has 0 aliphatic heterocycles. The number of nitrogens with zero attached hydrogens (tertiary/aromatic N) is 1. The summed E-state index contributed by atoms with van der Waals surface area (Å²) in [5, 5.41) is 2.03. The van der Waals surface area contributed by atoms with Gasteiger partial charge in [-0.15, -0.1) is 11.3 Å². The van der Waals surface area contributed by atoms with E-state index in [9.17, 15) is 0 Å². The molecular weight excluding hydrogens is 180 g/mol. The Kier molecular flexibility index (Phi) is 2.02. The van der Waals surface area contributed by atoms with E-state index in [1.807, 2.05) is 24.4 Å². The predicted octanol–water partition coefficient (Wildman–Crippen LogP) is 3.21. The zero-order valence-corrected chi connectivity index (χ0v) is 8.19. The van der Waals surface area contributed by atoms with Crippen molar-refractivity contribution in [3.05, 3.63) is 36.0 Å². The molecule has 0 saturated heterocycles. The number of allylic oxidation sites excluding steroid dienone is 3. The Bertz CT molecular complexity index is 433. The third-order valence-corrected chi connectivity index (χ3v) is 2.66. The molecule has 0 unspecified atom stereocenters. The first-order chi connectivity index (χ1) is 6.31. The maximum absolute atomic E-state index is 4.44. The van der Waals surface area contributed by atoms with Gasteiger partial charge >= 0.3 is 0 Å². The molecule has 0 spiro atoms. The number of hydrogen-bond acceptors (Lipinski definition) is 2. The molecule has 2 rings (SSSR count). The summed E-state index contributed by atoms with van der Waals surface area (Å²) < 4.78 is 0. The second-order valence-corrected chi connectivity index (χ2v) is 3.70. The van der Waals surface area contributed by atoms with Gasteiger partial charge < -0.3 is 4.98 Å². The summed E-state index contributed by atoms with van der Waals surface area (Å²) in [7, 11) is 0. The molecular formula is C10H10N2S. The van der Waals surface area contributed by atoms with E-state index in [0.717, 1.165) is 21.7 Å². The number of rotatable bonds is 2. The second-order valence-electron chi connectivity index (χ2n) is 2.81. The van der Waals surface area contributed by atoms with Crippen molar-refractivity contribution in [3.8, 4) is 0 Å². The van der Waals surface area contributed by atoms with Gasteiger partial charge in [-0.05, 0) is 23.9 Å². The van der Waals surface area contributed by atoms with Crippen LogP contribution in [0.5, 0.6) is 0 Å². The lowest BCUT2D eigenvalue weighted by atomic mass is 10.3. The maximum Gasteiger partial charge on any atom is 0.142 e. The minimum atomic E-state index is 0.932. The summed E-state index contributed by atoms with van der Waals surface area (Å²) in [6.07, 6.45) is 3.72. The van der Waals surface area contributed by atoms with Crippen molar-refractivity contribution in [1.82, 2.24) is 9.97 Å². The number of nitrogens with one attached hydrogen (secondary N) is 1. The molecule has 1 N–H and O–H groups in total. The van der Waals surface area contributed by atoms with Gasteiger partial charge in [0.25, 0.3) is 0 Å². The van der Waals surface area contributed by atoms with Gasteiger partial charge in [0, 0.05) is 0 Å². The van der Waals surface area contributed by atoms with Crippen LogP contribution in [0, 0.1) is 0 Å². The number of hydrogen-bond donors (Lipinski definition) is 1. The molecule has 0 bridgehead atoms. The van der Waals surface area contributed by atoms with Gasteiger partial charge in [0.15, 0.2) is 0 Å². The first kappa shape index (κ1) is 8.26. The smallest absolute Gasteiger partial charge is 0.142 e. The molecule has 2 heterocycles. The van der Waals surface area contributed by atoms with E-state index in [1.165, 1.54) is 0 Å². The molecule has 0 atom stereocenters. The molecule has 3 heteroatoms. The third kappa shape index (κ3) is 1.42. The van der Waals surface area contributed by atoms with E-state index < -0.39 is 0 Å². The third-order valence-electron chi connectivity index (χ3n) is 1.85. The number of aromatic nitrogens is 2. The largest absolute Gasteiger partial charge is 0.337 e. The number of H-pyrrole nitrogens is 1. The molecule has 0 aromatic carbocycles. The topological polar surface area (TPSA) is 28.7 Å². The molecule has 13 heavy (non-hydrogen) atoms. The molecule has 0 aliphatic carbocycles. The Balaban J connectivity index is 2.50. The van der Waals surface area contributed by atoms with Gasteiger partial charge in [-0.25, -0.2) is 4.98 Å². The lowest BCUT2D eigenvalue weighted by Gasteiger charge is -1.91. The first-order valence-corrected chi connectivity index (χ1v) is 4.92. The molecule has 0 saturated carbocycles. The molecule has 2 aromatic heterocycles. The van der Waals surface area contributed by atoms with Crippen LogP contribution in [0.2, 0.25) is 0 Å². The van der Waals surface area contributed by atoms with Crippen LogP contribution in [0.1, 0.15) is 12.7 Å². The minimum absolute atomic E-state index is 0.932. The predicted molar refractivity (Wildman–Crippen MR) is 57.8 cm³/mol. The molecule has 2 nitrogen and oxygen atoms in total. The normalized spacial score (nSPS) is 12.2. The lowest BCUT2D eigenvalue weighted by Crippen LogP contribution is -1.80. The van der Waals surface area contributed by atoms with Crippen molar-refractivity contribution >= 4 is 27.3 Å². The van der Waals surface area contributed by atoms with Crippen LogP contribution in [-0.4, -0.2) is 9.97 Å². The van der Waals surface area contributed by atoms with Crippen LogP contribution in [0.25, 0.3) is 15.9 Å². The fourth-order valence-electron chi connectivity index (χ4n) is 1.18. The zero-order valence-electron chi connectivity index (χ0n) is 7.37. The molecule has 0 fully saturated rings. The number of imidazole rings is 1. The molecule has 66 valence electrons. The maximum atomic E-state index is 4.44. The highest BCUT2D eigenvalue weighted by molar-refractivity contribution is 7.16. The van der Waals surface area contributed by atoms with Crippen molar-refractivity contribution < 1.29 is 0 Å². The van der Waals surface area contributed by atoms with Gasteiger partial charge in [0.2, 0.25) is 0 Å². The number of fused-ring (bicyclic) bond motifs is 1. The summed E-state index contributed by atoms with van der Waals surface area (Å²) in [6.45, 7) is 5.67. The molecule has 0 amide bonds. The Morgan fingerprint density at radius 3 is 3.23 bits per heavy atom. The van der Waals surface area contributed by atoms with Crippen LogP contribution in [0.4, 0.5) is 0 Å². The van der Waals surface area contributed by atoms with Gasteiger partial charge in [-0.2, -0.15) is 0 Å². The van der Waals surface area contributed by atoms with Crippen LogP contribution < -0.4 is 0 Å². The van der Waals surface area contributed by atoms with Gasteiger partial charge in [-0.3, -0.25) is 0 Å². The Morgan fingerprint density at radius 2 is 2.54 bits per heavy atom. The highest BCUT2D eigenvalue weighted by Crippen LogP contribution is 2.20. The summed E-state index contributed by atoms with van der Waals surface area (Å²) >= 11 is 1.65. The Labute approximate surface area is 80.6 Å². The summed E-state index contributed by atoms with van der Waals surface area (Å²) in [5.74, 6) is 0.932. The Hall–Kier alpha value is -1.35. The van der Waals surface area contributed by atoms with Gasteiger partial charge in [-0.1, -0.05) is 18.7 Å². The summed E-state index contributed by atoms with van der Waals surface area (Å²) in [5.41, 5.74) is 2.22. The van der Waals surface area contributed by atoms with Crippen LogP contribution in [0.3, 0.4) is 0 Å². The van der Waals surface area contributed by atoms with Gasteiger partial charge in [0.1, 0.15) is 10.7 Å². The number of aromatic amines is 1. The average molecular weight is 190 g/mol. The standard InChI is InChI=1S/C10H10N2S/c1-3-4-7(2)9-11-8-5-6-13-10(8)12-9/h3-6H,1H2,2H3,(H,11,12)/b7-4+. The van der Waals surface area contributed by atoms with Crippen LogP contribution in [-0.2, 0) is 0 Å². The quantitative estimate of drug-likeness (QED) is 0.724. The molecule has 0 aliphatic rings.